The van der Waals surface area contributed by atoms with Crippen LogP contribution in [0.3, 0.4) is 0 Å². The average Bonchev–Trinajstić information content (AvgIpc) is 2.55. The lowest BCUT2D eigenvalue weighted by molar-refractivity contribution is 1.33. The van der Waals surface area contributed by atoms with Gasteiger partial charge in [0.15, 0.2) is 0 Å². The number of hydrogen-bond acceptors (Lipinski definition) is 1. The molecular formula is C11H7BN2. The fraction of sp³-hybridized carbons (Fsp3) is 0. The van der Waals surface area contributed by atoms with Crippen molar-refractivity contribution < 1.29 is 0 Å². The van der Waals surface area contributed by atoms with E-state index in [2.05, 4.69) is 11.1 Å². The minimum absolute atomic E-state index is 1.02. The molecule has 3 aromatic rings. The third kappa shape index (κ3) is 0.840. The van der Waals surface area contributed by atoms with Crippen molar-refractivity contribution in [1.29, 1.82) is 0 Å². The number of aromatic nitrogens is 2. The highest BCUT2D eigenvalue weighted by atomic mass is 14.9. The molecule has 0 saturated carbocycles. The van der Waals surface area contributed by atoms with Gasteiger partial charge in [0.05, 0.1) is 0 Å². The van der Waals surface area contributed by atoms with Crippen molar-refractivity contribution in [2.45, 2.75) is 0 Å². The predicted molar refractivity (Wildman–Crippen MR) is 58.4 cm³/mol. The van der Waals surface area contributed by atoms with Crippen LogP contribution in [0.4, 0.5) is 0 Å². The Morgan fingerprint density at radius 3 is 2.71 bits per heavy atom. The van der Waals surface area contributed by atoms with E-state index in [1.807, 2.05) is 30.5 Å². The van der Waals surface area contributed by atoms with Gasteiger partial charge in [-0.1, -0.05) is 18.2 Å². The Morgan fingerprint density at radius 2 is 1.79 bits per heavy atom. The Kier molecular flexibility index (Phi) is 1.42. The molecular weight excluding hydrogens is 171 g/mol. The number of benzene rings is 1. The molecule has 0 N–H and O–H groups in total. The summed E-state index contributed by atoms with van der Waals surface area (Å²) < 4.78 is 1.70. The van der Waals surface area contributed by atoms with Crippen LogP contribution in [0.5, 0.6) is 0 Å². The van der Waals surface area contributed by atoms with Crippen molar-refractivity contribution in [3.05, 3.63) is 42.7 Å². The molecule has 2 aromatic heterocycles. The van der Waals surface area contributed by atoms with Crippen LogP contribution in [-0.2, 0) is 0 Å². The quantitative estimate of drug-likeness (QED) is 0.482. The smallest absolute Gasteiger partial charge is 0.234 e. The van der Waals surface area contributed by atoms with E-state index in [0.717, 1.165) is 21.8 Å². The second-order valence-electron chi connectivity index (χ2n) is 3.28. The van der Waals surface area contributed by atoms with Crippen LogP contribution in [0.2, 0.25) is 0 Å². The zero-order valence-corrected chi connectivity index (χ0v) is 7.51. The maximum absolute atomic E-state index is 5.96. The number of hydrogen-bond donors (Lipinski definition) is 0. The minimum atomic E-state index is 1.02. The lowest BCUT2D eigenvalue weighted by Gasteiger charge is -1.95. The first kappa shape index (κ1) is 7.62. The van der Waals surface area contributed by atoms with Gasteiger partial charge >= 0.3 is 0 Å². The SMILES string of the molecule is [B]n1c2ccccc2c2cnccc21. The third-order valence-corrected chi connectivity index (χ3v) is 2.51. The summed E-state index contributed by atoms with van der Waals surface area (Å²) >= 11 is 0. The van der Waals surface area contributed by atoms with Crippen LogP contribution < -0.4 is 0 Å². The molecule has 3 heteroatoms. The molecule has 0 bridgehead atoms. The molecule has 0 atom stereocenters. The molecule has 0 aliphatic heterocycles. The van der Waals surface area contributed by atoms with Crippen molar-refractivity contribution in [2.75, 3.05) is 0 Å². The maximum Gasteiger partial charge on any atom is 0.234 e. The van der Waals surface area contributed by atoms with Crippen LogP contribution in [0.15, 0.2) is 42.7 Å². The summed E-state index contributed by atoms with van der Waals surface area (Å²) in [5.41, 5.74) is 2.05. The highest BCUT2D eigenvalue weighted by molar-refractivity contribution is 6.21. The van der Waals surface area contributed by atoms with Crippen LogP contribution >= 0.6 is 0 Å². The predicted octanol–water partition coefficient (Wildman–Crippen LogP) is 2.12. The van der Waals surface area contributed by atoms with Crippen LogP contribution in [-0.4, -0.2) is 17.4 Å². The van der Waals surface area contributed by atoms with E-state index in [1.54, 1.807) is 10.7 Å². The Balaban J connectivity index is 2.69. The summed E-state index contributed by atoms with van der Waals surface area (Å²) in [4.78, 5) is 4.11. The van der Waals surface area contributed by atoms with Crippen LogP contribution in [0.25, 0.3) is 21.8 Å². The molecule has 0 amide bonds. The standard InChI is InChI=1S/C11H7BN2/c12-14-10-4-2-1-3-8(10)9-7-13-6-5-11(9)14/h1-7H. The fourth-order valence-corrected chi connectivity index (χ4v) is 1.85. The van der Waals surface area contributed by atoms with Gasteiger partial charge in [-0.05, 0) is 12.1 Å². The molecule has 0 fully saturated rings. The zero-order chi connectivity index (χ0) is 9.54. The summed E-state index contributed by atoms with van der Waals surface area (Å²) in [6, 6.07) is 9.99. The van der Waals surface area contributed by atoms with Crippen molar-refractivity contribution in [3.63, 3.8) is 0 Å². The Labute approximate surface area is 82.6 Å². The molecule has 0 saturated heterocycles. The second-order valence-corrected chi connectivity index (χ2v) is 3.28. The van der Waals surface area contributed by atoms with Crippen molar-refractivity contribution >= 4 is 29.8 Å². The molecule has 0 aliphatic carbocycles. The summed E-state index contributed by atoms with van der Waals surface area (Å²) in [5.74, 6) is 0. The lowest BCUT2D eigenvalue weighted by Crippen LogP contribution is -1.89. The van der Waals surface area contributed by atoms with E-state index in [9.17, 15) is 0 Å². The van der Waals surface area contributed by atoms with E-state index in [-0.39, 0.29) is 0 Å². The van der Waals surface area contributed by atoms with Crippen molar-refractivity contribution in [1.82, 2.24) is 9.46 Å². The molecule has 0 aliphatic rings. The first-order chi connectivity index (χ1) is 6.88. The molecule has 2 heterocycles. The molecule has 3 rings (SSSR count). The number of pyridine rings is 1. The largest absolute Gasteiger partial charge is 0.397 e. The van der Waals surface area contributed by atoms with Gasteiger partial charge in [0.1, 0.15) is 0 Å². The van der Waals surface area contributed by atoms with E-state index >= 15 is 0 Å². The Hall–Kier alpha value is -1.77. The van der Waals surface area contributed by atoms with E-state index in [0.29, 0.717) is 0 Å². The number of nitrogens with zero attached hydrogens (tertiary/aromatic N) is 2. The van der Waals surface area contributed by atoms with E-state index < -0.39 is 0 Å². The van der Waals surface area contributed by atoms with Gasteiger partial charge < -0.3 is 4.48 Å². The second kappa shape index (κ2) is 2.61. The molecule has 1 aromatic carbocycles. The number of rotatable bonds is 0. The number of fused-ring (bicyclic) bond motifs is 3. The van der Waals surface area contributed by atoms with Gasteiger partial charge in [-0.25, -0.2) is 0 Å². The first-order valence-corrected chi connectivity index (χ1v) is 4.46. The number of para-hydroxylation sites is 1. The molecule has 64 valence electrons. The monoisotopic (exact) mass is 178 g/mol. The average molecular weight is 178 g/mol. The molecule has 2 nitrogen and oxygen atoms in total. The van der Waals surface area contributed by atoms with Gasteiger partial charge in [0, 0.05) is 34.2 Å². The summed E-state index contributed by atoms with van der Waals surface area (Å²) in [6.45, 7) is 0. The minimum Gasteiger partial charge on any atom is -0.397 e. The highest BCUT2D eigenvalue weighted by Gasteiger charge is 2.05. The molecule has 2 radical (unpaired) electrons. The lowest BCUT2D eigenvalue weighted by atomic mass is 10.2. The Bertz CT molecular complexity index is 560. The zero-order valence-electron chi connectivity index (χ0n) is 7.51. The van der Waals surface area contributed by atoms with Gasteiger partial charge in [0.25, 0.3) is 0 Å². The van der Waals surface area contributed by atoms with Gasteiger partial charge in [0.2, 0.25) is 7.98 Å². The Morgan fingerprint density at radius 1 is 1.00 bits per heavy atom. The summed E-state index contributed by atoms with van der Waals surface area (Å²) in [5, 5.41) is 2.25. The van der Waals surface area contributed by atoms with E-state index in [4.69, 9.17) is 7.98 Å². The van der Waals surface area contributed by atoms with Gasteiger partial charge in [-0.2, -0.15) is 0 Å². The topological polar surface area (TPSA) is 17.8 Å². The fourth-order valence-electron chi connectivity index (χ4n) is 1.85. The van der Waals surface area contributed by atoms with E-state index in [1.165, 1.54) is 0 Å². The maximum atomic E-state index is 5.96. The molecule has 0 unspecified atom stereocenters. The van der Waals surface area contributed by atoms with Crippen molar-refractivity contribution in [2.24, 2.45) is 0 Å². The van der Waals surface area contributed by atoms with Gasteiger partial charge in [-0.3, -0.25) is 4.98 Å². The first-order valence-electron chi connectivity index (χ1n) is 4.46. The van der Waals surface area contributed by atoms with Crippen molar-refractivity contribution in [3.8, 4) is 0 Å². The van der Waals surface area contributed by atoms with Crippen LogP contribution in [0, 0.1) is 0 Å². The summed E-state index contributed by atoms with van der Waals surface area (Å²) in [6.07, 6.45) is 3.60. The van der Waals surface area contributed by atoms with Crippen LogP contribution in [0.1, 0.15) is 0 Å². The third-order valence-electron chi connectivity index (χ3n) is 2.51. The highest BCUT2D eigenvalue weighted by Crippen LogP contribution is 2.25. The normalized spacial score (nSPS) is 11.1. The summed E-state index contributed by atoms with van der Waals surface area (Å²) in [7, 11) is 5.96. The molecule has 14 heavy (non-hydrogen) atoms. The molecule has 0 spiro atoms. The van der Waals surface area contributed by atoms with Gasteiger partial charge in [-0.15, -0.1) is 0 Å².